The molecule has 1 saturated carbocycles. The zero-order chi connectivity index (χ0) is 13.1. The summed E-state index contributed by atoms with van der Waals surface area (Å²) in [6.45, 7) is 6.54. The summed E-state index contributed by atoms with van der Waals surface area (Å²) in [7, 11) is 4.06. The van der Waals surface area contributed by atoms with Crippen molar-refractivity contribution in [2.75, 3.05) is 20.6 Å². The van der Waals surface area contributed by atoms with Crippen LogP contribution in [-0.2, 0) is 4.74 Å². The lowest BCUT2D eigenvalue weighted by Gasteiger charge is -2.36. The summed E-state index contributed by atoms with van der Waals surface area (Å²) < 4.78 is 5.30. The van der Waals surface area contributed by atoms with Crippen molar-refractivity contribution in [3.8, 4) is 0 Å². The molecule has 4 heteroatoms. The average Bonchev–Trinajstić information content (AvgIpc) is 1.93. The molecular weight excluding hydrogens is 216 g/mol. The first-order valence-corrected chi connectivity index (χ1v) is 6.42. The highest BCUT2D eigenvalue weighted by atomic mass is 16.6. The van der Waals surface area contributed by atoms with Crippen LogP contribution in [0.25, 0.3) is 0 Å². The van der Waals surface area contributed by atoms with E-state index in [1.807, 2.05) is 34.9 Å². The molecule has 17 heavy (non-hydrogen) atoms. The number of likely N-dealkylation sites (N-methyl/N-ethyl adjacent to an activating group) is 1. The Labute approximate surface area is 105 Å². The predicted molar refractivity (Wildman–Crippen MR) is 69.1 cm³/mol. The van der Waals surface area contributed by atoms with Gasteiger partial charge in [-0.2, -0.15) is 0 Å². The van der Waals surface area contributed by atoms with Crippen LogP contribution in [-0.4, -0.2) is 43.3 Å². The van der Waals surface area contributed by atoms with Gasteiger partial charge in [0.25, 0.3) is 0 Å². The van der Waals surface area contributed by atoms with E-state index < -0.39 is 5.60 Å². The Morgan fingerprint density at radius 2 is 2.00 bits per heavy atom. The summed E-state index contributed by atoms with van der Waals surface area (Å²) in [5.74, 6) is 0.616. The van der Waals surface area contributed by atoms with E-state index in [1.165, 1.54) is 19.3 Å². The molecule has 1 atom stereocenters. The maximum absolute atomic E-state index is 11.7. The molecule has 1 amide bonds. The number of nitrogens with one attached hydrogen (secondary N) is 1. The zero-order valence-corrected chi connectivity index (χ0v) is 11.7. The van der Waals surface area contributed by atoms with E-state index in [-0.39, 0.29) is 12.1 Å². The van der Waals surface area contributed by atoms with Gasteiger partial charge in [0.2, 0.25) is 0 Å². The summed E-state index contributed by atoms with van der Waals surface area (Å²) in [6, 6.07) is 0.216. The third-order valence-electron chi connectivity index (χ3n) is 2.98. The number of alkyl carbamates (subject to hydrolysis) is 1. The molecule has 0 bridgehead atoms. The summed E-state index contributed by atoms with van der Waals surface area (Å²) in [5, 5.41) is 3.00. The Morgan fingerprint density at radius 1 is 1.41 bits per heavy atom. The van der Waals surface area contributed by atoms with Gasteiger partial charge in [0.1, 0.15) is 5.60 Å². The van der Waals surface area contributed by atoms with Gasteiger partial charge < -0.3 is 15.0 Å². The third kappa shape index (κ3) is 5.39. The van der Waals surface area contributed by atoms with Crippen LogP contribution in [0.15, 0.2) is 0 Å². The Balaban J connectivity index is 2.44. The minimum absolute atomic E-state index is 0.216. The van der Waals surface area contributed by atoms with Crippen molar-refractivity contribution < 1.29 is 9.53 Å². The van der Waals surface area contributed by atoms with E-state index in [0.717, 1.165) is 6.54 Å². The average molecular weight is 242 g/mol. The smallest absolute Gasteiger partial charge is 0.407 e. The Bertz CT molecular complexity index is 255. The topological polar surface area (TPSA) is 41.6 Å². The molecule has 100 valence electrons. The second-order valence-corrected chi connectivity index (χ2v) is 6.21. The van der Waals surface area contributed by atoms with E-state index in [1.54, 1.807) is 0 Å². The minimum atomic E-state index is -0.424. The molecule has 1 aliphatic rings. The van der Waals surface area contributed by atoms with Crippen molar-refractivity contribution >= 4 is 6.09 Å². The van der Waals surface area contributed by atoms with Crippen LogP contribution in [0, 0.1) is 5.92 Å². The monoisotopic (exact) mass is 242 g/mol. The molecule has 0 spiro atoms. The Morgan fingerprint density at radius 3 is 2.35 bits per heavy atom. The number of amides is 1. The number of rotatable bonds is 4. The van der Waals surface area contributed by atoms with Crippen molar-refractivity contribution in [1.29, 1.82) is 0 Å². The fourth-order valence-electron chi connectivity index (χ4n) is 2.01. The molecule has 0 aromatic heterocycles. The fourth-order valence-corrected chi connectivity index (χ4v) is 2.01. The molecule has 0 radical (unpaired) electrons. The number of hydrogen-bond acceptors (Lipinski definition) is 3. The van der Waals surface area contributed by atoms with Gasteiger partial charge in [0.15, 0.2) is 0 Å². The van der Waals surface area contributed by atoms with Crippen molar-refractivity contribution in [2.24, 2.45) is 5.92 Å². The quantitative estimate of drug-likeness (QED) is 0.822. The van der Waals surface area contributed by atoms with Crippen LogP contribution in [0.5, 0.6) is 0 Å². The molecule has 1 rings (SSSR count). The van der Waals surface area contributed by atoms with E-state index in [4.69, 9.17) is 4.74 Å². The molecule has 0 aromatic carbocycles. The van der Waals surface area contributed by atoms with E-state index in [9.17, 15) is 4.79 Å². The van der Waals surface area contributed by atoms with E-state index in [0.29, 0.717) is 5.92 Å². The molecule has 0 saturated heterocycles. The first-order valence-electron chi connectivity index (χ1n) is 6.42. The second-order valence-electron chi connectivity index (χ2n) is 6.21. The van der Waals surface area contributed by atoms with Gasteiger partial charge in [-0.15, -0.1) is 0 Å². The zero-order valence-electron chi connectivity index (χ0n) is 11.7. The Hall–Kier alpha value is -0.770. The van der Waals surface area contributed by atoms with Gasteiger partial charge in [0.05, 0.1) is 0 Å². The predicted octanol–water partition coefficient (Wildman–Crippen LogP) is 2.24. The second kappa shape index (κ2) is 5.71. The van der Waals surface area contributed by atoms with Gasteiger partial charge in [-0.25, -0.2) is 4.79 Å². The van der Waals surface area contributed by atoms with Crippen LogP contribution in [0.3, 0.4) is 0 Å². The summed E-state index contributed by atoms with van der Waals surface area (Å²) in [4.78, 5) is 13.9. The highest BCUT2D eigenvalue weighted by Crippen LogP contribution is 2.30. The molecular formula is C13H26N2O2. The molecule has 1 N–H and O–H groups in total. The largest absolute Gasteiger partial charge is 0.444 e. The van der Waals surface area contributed by atoms with Gasteiger partial charge in [-0.3, -0.25) is 0 Å². The number of hydrogen-bond donors (Lipinski definition) is 1. The lowest BCUT2D eigenvalue weighted by atomic mass is 9.79. The summed E-state index contributed by atoms with van der Waals surface area (Å²) in [6.07, 6.45) is 3.42. The number of ether oxygens (including phenoxy) is 1. The number of carbonyl (C=O) groups excluding carboxylic acids is 1. The van der Waals surface area contributed by atoms with Crippen LogP contribution in [0.1, 0.15) is 40.0 Å². The molecule has 1 aliphatic carbocycles. The van der Waals surface area contributed by atoms with Gasteiger partial charge in [0, 0.05) is 12.6 Å². The standard InChI is InChI=1S/C13H26N2O2/c1-13(2,3)17-12(16)14-11(9-15(4)5)10-7-6-8-10/h10-11H,6-9H2,1-5H3,(H,14,16)/t11-/m0/s1. The Kier molecular flexibility index (Phi) is 4.80. The fraction of sp³-hybridized carbons (Fsp3) is 0.923. The SMILES string of the molecule is CN(C)C[C@H](NC(=O)OC(C)(C)C)C1CCC1. The third-order valence-corrected chi connectivity index (χ3v) is 2.98. The van der Waals surface area contributed by atoms with Crippen molar-refractivity contribution in [1.82, 2.24) is 10.2 Å². The van der Waals surface area contributed by atoms with Crippen molar-refractivity contribution in [3.05, 3.63) is 0 Å². The first kappa shape index (κ1) is 14.3. The molecule has 0 unspecified atom stereocenters. The van der Waals surface area contributed by atoms with Crippen molar-refractivity contribution in [2.45, 2.75) is 51.7 Å². The van der Waals surface area contributed by atoms with Crippen LogP contribution >= 0.6 is 0 Å². The van der Waals surface area contributed by atoms with Gasteiger partial charge >= 0.3 is 6.09 Å². The first-order chi connectivity index (χ1) is 7.78. The number of carbonyl (C=O) groups is 1. The number of nitrogens with zero attached hydrogens (tertiary/aromatic N) is 1. The molecule has 1 fully saturated rings. The van der Waals surface area contributed by atoms with Crippen LogP contribution in [0.4, 0.5) is 4.79 Å². The van der Waals surface area contributed by atoms with Crippen LogP contribution < -0.4 is 5.32 Å². The highest BCUT2D eigenvalue weighted by molar-refractivity contribution is 5.68. The molecule has 4 nitrogen and oxygen atoms in total. The minimum Gasteiger partial charge on any atom is -0.444 e. The summed E-state index contributed by atoms with van der Waals surface area (Å²) >= 11 is 0. The van der Waals surface area contributed by atoms with E-state index in [2.05, 4.69) is 10.2 Å². The van der Waals surface area contributed by atoms with Gasteiger partial charge in [-0.05, 0) is 53.6 Å². The van der Waals surface area contributed by atoms with Gasteiger partial charge in [-0.1, -0.05) is 6.42 Å². The van der Waals surface area contributed by atoms with Crippen LogP contribution in [0.2, 0.25) is 0 Å². The lowest BCUT2D eigenvalue weighted by molar-refractivity contribution is 0.0451. The molecule has 0 aliphatic heterocycles. The van der Waals surface area contributed by atoms with Crippen molar-refractivity contribution in [3.63, 3.8) is 0 Å². The molecule has 0 aromatic rings. The maximum Gasteiger partial charge on any atom is 0.407 e. The van der Waals surface area contributed by atoms with E-state index >= 15 is 0 Å². The lowest BCUT2D eigenvalue weighted by Crippen LogP contribution is -2.49. The molecule has 0 heterocycles. The summed E-state index contributed by atoms with van der Waals surface area (Å²) in [5.41, 5.74) is -0.424. The maximum atomic E-state index is 11.7. The normalized spacial score (nSPS) is 18.7. The highest BCUT2D eigenvalue weighted by Gasteiger charge is 2.30.